The molecule has 4 rings (SSSR count). The first kappa shape index (κ1) is 18.0. The SMILES string of the molecule is CC(NC(=O)CCn1cnc2ccccc2c1=O)c1ccc2c(c1)OCCO2. The Bertz CT molecular complexity index is 1080. The van der Waals surface area contributed by atoms with Gasteiger partial charge in [0.25, 0.3) is 5.56 Å². The zero-order chi connectivity index (χ0) is 19.5. The summed E-state index contributed by atoms with van der Waals surface area (Å²) in [5, 5.41) is 3.51. The lowest BCUT2D eigenvalue weighted by Gasteiger charge is -2.21. The molecule has 2 aromatic carbocycles. The maximum absolute atomic E-state index is 12.5. The Morgan fingerprint density at radius 1 is 1.18 bits per heavy atom. The Hall–Kier alpha value is -3.35. The second-order valence-electron chi connectivity index (χ2n) is 6.70. The number of para-hydroxylation sites is 1. The summed E-state index contributed by atoms with van der Waals surface area (Å²) < 4.78 is 12.6. The first-order valence-corrected chi connectivity index (χ1v) is 9.25. The number of ether oxygens (including phenoxy) is 2. The van der Waals surface area contributed by atoms with Gasteiger partial charge in [0.05, 0.1) is 23.3 Å². The van der Waals surface area contributed by atoms with Crippen molar-refractivity contribution in [2.75, 3.05) is 13.2 Å². The molecule has 1 amide bonds. The van der Waals surface area contributed by atoms with Crippen LogP contribution in [0.15, 0.2) is 53.6 Å². The first-order chi connectivity index (χ1) is 13.6. The van der Waals surface area contributed by atoms with Crippen molar-refractivity contribution < 1.29 is 14.3 Å². The molecule has 7 nitrogen and oxygen atoms in total. The van der Waals surface area contributed by atoms with E-state index in [4.69, 9.17) is 9.47 Å². The van der Waals surface area contributed by atoms with Gasteiger partial charge in [0, 0.05) is 13.0 Å². The Kier molecular flexibility index (Phi) is 4.97. The second kappa shape index (κ2) is 7.72. The third-order valence-corrected chi connectivity index (χ3v) is 4.76. The van der Waals surface area contributed by atoms with E-state index >= 15 is 0 Å². The zero-order valence-corrected chi connectivity index (χ0v) is 15.6. The highest BCUT2D eigenvalue weighted by Crippen LogP contribution is 2.32. The minimum absolute atomic E-state index is 0.137. The summed E-state index contributed by atoms with van der Waals surface area (Å²) in [5.74, 6) is 1.28. The van der Waals surface area contributed by atoms with Crippen LogP contribution in [-0.4, -0.2) is 28.7 Å². The van der Waals surface area contributed by atoms with Crippen LogP contribution in [0.5, 0.6) is 11.5 Å². The summed E-state index contributed by atoms with van der Waals surface area (Å²) in [6.45, 7) is 3.25. The van der Waals surface area contributed by atoms with Crippen LogP contribution in [0.25, 0.3) is 10.9 Å². The Morgan fingerprint density at radius 2 is 1.96 bits per heavy atom. The molecule has 3 aromatic rings. The highest BCUT2D eigenvalue weighted by atomic mass is 16.6. The number of aryl methyl sites for hydroxylation is 1. The van der Waals surface area contributed by atoms with Gasteiger partial charge in [0.2, 0.25) is 5.91 Å². The lowest BCUT2D eigenvalue weighted by Crippen LogP contribution is -2.29. The zero-order valence-electron chi connectivity index (χ0n) is 15.6. The molecule has 0 aliphatic carbocycles. The molecule has 1 atom stereocenters. The van der Waals surface area contributed by atoms with Crippen molar-refractivity contribution in [2.45, 2.75) is 25.9 Å². The Balaban J connectivity index is 1.39. The van der Waals surface area contributed by atoms with Gasteiger partial charge in [-0.3, -0.25) is 14.2 Å². The van der Waals surface area contributed by atoms with E-state index in [9.17, 15) is 9.59 Å². The normalized spacial score (nSPS) is 13.9. The van der Waals surface area contributed by atoms with E-state index in [0.717, 1.165) is 11.3 Å². The van der Waals surface area contributed by atoms with Gasteiger partial charge in [-0.25, -0.2) is 4.98 Å². The molecule has 0 fully saturated rings. The smallest absolute Gasteiger partial charge is 0.261 e. The highest BCUT2D eigenvalue weighted by molar-refractivity contribution is 5.77. The number of amides is 1. The fraction of sp³-hybridized carbons (Fsp3) is 0.286. The number of carbonyl (C=O) groups excluding carboxylic acids is 1. The van der Waals surface area contributed by atoms with Crippen LogP contribution in [0, 0.1) is 0 Å². The maximum atomic E-state index is 12.5. The number of hydrogen-bond acceptors (Lipinski definition) is 5. The molecule has 2 heterocycles. The molecular weight excluding hydrogens is 358 g/mol. The summed E-state index contributed by atoms with van der Waals surface area (Å²) >= 11 is 0. The van der Waals surface area contributed by atoms with Crippen LogP contribution in [0.3, 0.4) is 0 Å². The maximum Gasteiger partial charge on any atom is 0.261 e. The van der Waals surface area contributed by atoms with Gasteiger partial charge in [0.15, 0.2) is 11.5 Å². The molecule has 1 aliphatic heterocycles. The molecular formula is C21H21N3O4. The lowest BCUT2D eigenvalue weighted by molar-refractivity contribution is -0.121. The molecule has 1 N–H and O–H groups in total. The van der Waals surface area contributed by atoms with E-state index in [1.165, 1.54) is 10.9 Å². The monoisotopic (exact) mass is 379 g/mol. The number of benzene rings is 2. The highest BCUT2D eigenvalue weighted by Gasteiger charge is 2.16. The van der Waals surface area contributed by atoms with Gasteiger partial charge >= 0.3 is 0 Å². The largest absolute Gasteiger partial charge is 0.486 e. The average molecular weight is 379 g/mol. The fourth-order valence-electron chi connectivity index (χ4n) is 3.21. The Labute approximate surface area is 161 Å². The minimum Gasteiger partial charge on any atom is -0.486 e. The molecule has 0 spiro atoms. The van der Waals surface area contributed by atoms with E-state index in [-0.39, 0.29) is 30.5 Å². The molecule has 144 valence electrons. The first-order valence-electron chi connectivity index (χ1n) is 9.25. The van der Waals surface area contributed by atoms with Crippen molar-refractivity contribution in [1.82, 2.24) is 14.9 Å². The molecule has 7 heteroatoms. The van der Waals surface area contributed by atoms with Gasteiger partial charge in [0.1, 0.15) is 13.2 Å². The van der Waals surface area contributed by atoms with Crippen molar-refractivity contribution in [3.8, 4) is 11.5 Å². The van der Waals surface area contributed by atoms with E-state index in [1.54, 1.807) is 18.2 Å². The molecule has 1 aliphatic rings. The van der Waals surface area contributed by atoms with E-state index in [0.29, 0.717) is 29.9 Å². The quantitative estimate of drug-likeness (QED) is 0.736. The lowest BCUT2D eigenvalue weighted by atomic mass is 10.1. The van der Waals surface area contributed by atoms with Crippen molar-refractivity contribution in [3.05, 3.63) is 64.7 Å². The molecule has 0 radical (unpaired) electrons. The summed E-state index contributed by atoms with van der Waals surface area (Å²) in [7, 11) is 0. The van der Waals surface area contributed by atoms with Crippen LogP contribution in [-0.2, 0) is 11.3 Å². The third-order valence-electron chi connectivity index (χ3n) is 4.76. The molecule has 1 unspecified atom stereocenters. The Morgan fingerprint density at radius 3 is 2.82 bits per heavy atom. The van der Waals surface area contributed by atoms with Crippen LogP contribution in [0.2, 0.25) is 0 Å². The van der Waals surface area contributed by atoms with Crippen LogP contribution < -0.4 is 20.3 Å². The summed E-state index contributed by atoms with van der Waals surface area (Å²) in [4.78, 5) is 29.1. The van der Waals surface area contributed by atoms with Gasteiger partial charge in [-0.2, -0.15) is 0 Å². The van der Waals surface area contributed by atoms with E-state index < -0.39 is 0 Å². The van der Waals surface area contributed by atoms with Crippen molar-refractivity contribution in [2.24, 2.45) is 0 Å². The summed E-state index contributed by atoms with van der Waals surface area (Å²) in [6.07, 6.45) is 1.68. The third kappa shape index (κ3) is 3.69. The van der Waals surface area contributed by atoms with Crippen molar-refractivity contribution in [1.29, 1.82) is 0 Å². The second-order valence-corrected chi connectivity index (χ2v) is 6.70. The topological polar surface area (TPSA) is 82.5 Å². The van der Waals surface area contributed by atoms with Crippen molar-refractivity contribution in [3.63, 3.8) is 0 Å². The number of carbonyl (C=O) groups is 1. The van der Waals surface area contributed by atoms with Crippen LogP contribution >= 0.6 is 0 Å². The predicted molar refractivity (Wildman–Crippen MR) is 105 cm³/mol. The van der Waals surface area contributed by atoms with Crippen molar-refractivity contribution >= 4 is 16.8 Å². The predicted octanol–water partition coefficient (Wildman–Crippen LogP) is 2.44. The number of hydrogen-bond donors (Lipinski definition) is 1. The van der Waals surface area contributed by atoms with Crippen LogP contribution in [0.4, 0.5) is 0 Å². The minimum atomic E-state index is -0.185. The molecule has 0 saturated carbocycles. The van der Waals surface area contributed by atoms with Gasteiger partial charge in [-0.05, 0) is 36.8 Å². The number of aromatic nitrogens is 2. The van der Waals surface area contributed by atoms with Gasteiger partial charge < -0.3 is 14.8 Å². The van der Waals surface area contributed by atoms with E-state index in [1.807, 2.05) is 31.2 Å². The number of rotatable bonds is 5. The molecule has 28 heavy (non-hydrogen) atoms. The average Bonchev–Trinajstić information content (AvgIpc) is 2.73. The number of fused-ring (bicyclic) bond motifs is 2. The number of nitrogens with zero attached hydrogens (tertiary/aromatic N) is 2. The van der Waals surface area contributed by atoms with Gasteiger partial charge in [-0.1, -0.05) is 18.2 Å². The molecule has 0 bridgehead atoms. The number of nitrogens with one attached hydrogen (secondary N) is 1. The summed E-state index contributed by atoms with van der Waals surface area (Å²) in [6, 6.07) is 12.6. The van der Waals surface area contributed by atoms with E-state index in [2.05, 4.69) is 10.3 Å². The fourth-order valence-corrected chi connectivity index (χ4v) is 3.21. The summed E-state index contributed by atoms with van der Waals surface area (Å²) in [5.41, 5.74) is 1.45. The standard InChI is InChI=1S/C21H21N3O4/c1-14(15-6-7-18-19(12-15)28-11-10-27-18)23-20(25)8-9-24-13-22-17-5-3-2-4-16(17)21(24)26/h2-7,12-14H,8-11H2,1H3,(H,23,25). The van der Waals surface area contributed by atoms with Gasteiger partial charge in [-0.15, -0.1) is 0 Å². The van der Waals surface area contributed by atoms with Crippen LogP contribution in [0.1, 0.15) is 24.9 Å². The molecule has 0 saturated heterocycles. The molecule has 1 aromatic heterocycles.